The summed E-state index contributed by atoms with van der Waals surface area (Å²) in [4.78, 5) is 0. The van der Waals surface area contributed by atoms with Crippen LogP contribution in [-0.4, -0.2) is 4.57 Å². The summed E-state index contributed by atoms with van der Waals surface area (Å²) < 4.78 is 5.20. The summed E-state index contributed by atoms with van der Waals surface area (Å²) in [5.41, 5.74) is 9.25. The zero-order valence-corrected chi connectivity index (χ0v) is 22.6. The fourth-order valence-electron chi connectivity index (χ4n) is 7.08. The van der Waals surface area contributed by atoms with Gasteiger partial charge in [0.05, 0.1) is 11.0 Å². The molecule has 0 saturated carbocycles. The average Bonchev–Trinajstić information content (AvgIpc) is 3.58. The van der Waals surface area contributed by atoms with Crippen LogP contribution in [0, 0.1) is 0 Å². The molecule has 0 saturated heterocycles. The van der Waals surface area contributed by atoms with Gasteiger partial charge in [0.2, 0.25) is 0 Å². The highest BCUT2D eigenvalue weighted by atomic mass is 32.1. The van der Waals surface area contributed by atoms with Gasteiger partial charge in [-0.05, 0) is 64.0 Å². The second kappa shape index (κ2) is 7.37. The van der Waals surface area contributed by atoms with E-state index in [0.29, 0.717) is 0 Å². The Bertz CT molecular complexity index is 2310. The number of hydrogen-bond acceptors (Lipinski definition) is 1. The maximum absolute atomic E-state index is 2.47. The van der Waals surface area contributed by atoms with Crippen LogP contribution in [0.15, 0.2) is 115 Å². The van der Waals surface area contributed by atoms with Crippen LogP contribution in [-0.2, 0) is 5.41 Å². The molecule has 1 aliphatic rings. The topological polar surface area (TPSA) is 4.93 Å². The summed E-state index contributed by atoms with van der Waals surface area (Å²) in [6.45, 7) is 4.72. The molecule has 0 radical (unpaired) electrons. The predicted molar refractivity (Wildman–Crippen MR) is 169 cm³/mol. The summed E-state index contributed by atoms with van der Waals surface area (Å²) in [6, 6.07) is 43.1. The zero-order valence-electron chi connectivity index (χ0n) is 21.8. The van der Waals surface area contributed by atoms with E-state index >= 15 is 0 Å². The predicted octanol–water partition coefficient (Wildman–Crippen LogP) is 10.6. The average molecular weight is 516 g/mol. The normalized spacial score (nSPS) is 14.1. The van der Waals surface area contributed by atoms with Crippen LogP contribution < -0.4 is 0 Å². The van der Waals surface area contributed by atoms with E-state index in [1.807, 2.05) is 11.3 Å². The third-order valence-electron chi connectivity index (χ3n) is 8.98. The van der Waals surface area contributed by atoms with Gasteiger partial charge in [0.15, 0.2) is 0 Å². The molecule has 8 aromatic rings. The third kappa shape index (κ3) is 2.74. The van der Waals surface area contributed by atoms with Crippen molar-refractivity contribution in [1.29, 1.82) is 0 Å². The molecule has 39 heavy (non-hydrogen) atoms. The molecule has 0 amide bonds. The molecule has 9 rings (SSSR count). The lowest BCUT2D eigenvalue weighted by molar-refractivity contribution is 0.660. The van der Waals surface area contributed by atoms with Gasteiger partial charge in [-0.2, -0.15) is 0 Å². The van der Waals surface area contributed by atoms with Crippen LogP contribution >= 0.6 is 11.3 Å². The first kappa shape index (κ1) is 21.5. The lowest BCUT2D eigenvalue weighted by Gasteiger charge is -2.22. The number of rotatable bonds is 1. The number of nitrogens with zero attached hydrogens (tertiary/aromatic N) is 1. The Morgan fingerprint density at radius 3 is 2.23 bits per heavy atom. The first-order valence-corrected chi connectivity index (χ1v) is 14.4. The fraction of sp³-hybridized carbons (Fsp3) is 0.0811. The highest BCUT2D eigenvalue weighted by Crippen LogP contribution is 2.49. The molecule has 0 fully saturated rings. The number of hydrogen-bond donors (Lipinski definition) is 0. The van der Waals surface area contributed by atoms with Gasteiger partial charge in [-0.15, -0.1) is 11.3 Å². The van der Waals surface area contributed by atoms with Crippen molar-refractivity contribution < 1.29 is 0 Å². The van der Waals surface area contributed by atoms with E-state index in [1.54, 1.807) is 0 Å². The second-order valence-electron chi connectivity index (χ2n) is 11.4. The molecule has 0 N–H and O–H groups in total. The molecule has 2 aromatic heterocycles. The third-order valence-corrected chi connectivity index (χ3v) is 10.2. The summed E-state index contributed by atoms with van der Waals surface area (Å²) in [7, 11) is 0. The van der Waals surface area contributed by atoms with Gasteiger partial charge in [0.1, 0.15) is 0 Å². The van der Waals surface area contributed by atoms with Crippen molar-refractivity contribution >= 4 is 64.1 Å². The fourth-order valence-corrected chi connectivity index (χ4v) is 8.31. The largest absolute Gasteiger partial charge is 0.309 e. The molecule has 184 valence electrons. The van der Waals surface area contributed by atoms with Crippen molar-refractivity contribution in [3.8, 4) is 16.8 Å². The molecule has 6 aromatic carbocycles. The molecular weight excluding hydrogens is 490 g/mol. The van der Waals surface area contributed by atoms with Crippen LogP contribution in [0.3, 0.4) is 0 Å². The molecule has 1 nitrogen and oxygen atoms in total. The highest BCUT2D eigenvalue weighted by molar-refractivity contribution is 7.26. The van der Waals surface area contributed by atoms with Gasteiger partial charge >= 0.3 is 0 Å². The van der Waals surface area contributed by atoms with Crippen LogP contribution in [0.5, 0.6) is 0 Å². The Balaban J connectivity index is 1.36. The summed E-state index contributed by atoms with van der Waals surface area (Å²) in [5, 5.41) is 7.95. The minimum absolute atomic E-state index is 0.0276. The number of aromatic nitrogens is 1. The van der Waals surface area contributed by atoms with Crippen LogP contribution in [0.1, 0.15) is 25.0 Å². The van der Waals surface area contributed by atoms with Crippen LogP contribution in [0.4, 0.5) is 0 Å². The maximum Gasteiger partial charge on any atom is 0.0547 e. The molecule has 0 atom stereocenters. The van der Waals surface area contributed by atoms with Gasteiger partial charge in [-0.25, -0.2) is 0 Å². The lowest BCUT2D eigenvalue weighted by Crippen LogP contribution is -2.15. The molecule has 0 bridgehead atoms. The van der Waals surface area contributed by atoms with Crippen LogP contribution in [0.2, 0.25) is 0 Å². The molecule has 1 aliphatic carbocycles. The van der Waals surface area contributed by atoms with E-state index in [-0.39, 0.29) is 5.41 Å². The number of fused-ring (bicyclic) bond motifs is 11. The number of para-hydroxylation sites is 1. The zero-order chi connectivity index (χ0) is 25.9. The quantitative estimate of drug-likeness (QED) is 0.205. The first-order valence-electron chi connectivity index (χ1n) is 13.6. The van der Waals surface area contributed by atoms with E-state index in [0.717, 1.165) is 0 Å². The summed E-state index contributed by atoms with van der Waals surface area (Å²) in [5.74, 6) is 0. The summed E-state index contributed by atoms with van der Waals surface area (Å²) in [6.07, 6.45) is 0. The van der Waals surface area contributed by atoms with Crippen molar-refractivity contribution in [2.75, 3.05) is 0 Å². The Labute approximate surface area is 230 Å². The van der Waals surface area contributed by atoms with E-state index in [1.165, 1.54) is 80.7 Å². The van der Waals surface area contributed by atoms with Gasteiger partial charge in [0.25, 0.3) is 0 Å². The summed E-state index contributed by atoms with van der Waals surface area (Å²) >= 11 is 1.91. The molecular formula is C37H25NS. The molecule has 0 unspecified atom stereocenters. The van der Waals surface area contributed by atoms with Crippen LogP contribution in [0.25, 0.3) is 69.6 Å². The molecule has 2 heteroatoms. The second-order valence-corrected chi connectivity index (χ2v) is 12.4. The van der Waals surface area contributed by atoms with E-state index in [9.17, 15) is 0 Å². The lowest BCUT2D eigenvalue weighted by atomic mass is 9.82. The molecule has 2 heterocycles. The van der Waals surface area contributed by atoms with Gasteiger partial charge in [-0.3, -0.25) is 0 Å². The SMILES string of the molecule is CC1(C)c2ccccc2-c2ccc(-n3c4ccccc4c4cc5c(ccc6c7ccccc7sc56)cc43)cc21. The minimum atomic E-state index is -0.0276. The van der Waals surface area contributed by atoms with Gasteiger partial charge in [-0.1, -0.05) is 92.7 Å². The van der Waals surface area contributed by atoms with Crippen molar-refractivity contribution in [3.05, 3.63) is 126 Å². The first-order chi connectivity index (χ1) is 19.1. The molecule has 0 spiro atoms. The Hall–Kier alpha value is -4.40. The number of thiophene rings is 1. The maximum atomic E-state index is 2.47. The van der Waals surface area contributed by atoms with E-state index in [4.69, 9.17) is 0 Å². The Morgan fingerprint density at radius 1 is 0.538 bits per heavy atom. The minimum Gasteiger partial charge on any atom is -0.309 e. The van der Waals surface area contributed by atoms with E-state index < -0.39 is 0 Å². The molecule has 0 aliphatic heterocycles. The van der Waals surface area contributed by atoms with Crippen molar-refractivity contribution in [1.82, 2.24) is 4.57 Å². The van der Waals surface area contributed by atoms with Crippen molar-refractivity contribution in [3.63, 3.8) is 0 Å². The smallest absolute Gasteiger partial charge is 0.0547 e. The van der Waals surface area contributed by atoms with Gasteiger partial charge < -0.3 is 4.57 Å². The monoisotopic (exact) mass is 515 g/mol. The van der Waals surface area contributed by atoms with Crippen molar-refractivity contribution in [2.45, 2.75) is 19.3 Å². The van der Waals surface area contributed by atoms with Gasteiger partial charge in [0, 0.05) is 47.4 Å². The highest BCUT2D eigenvalue weighted by Gasteiger charge is 2.35. The Kier molecular flexibility index (Phi) is 4.07. The Morgan fingerprint density at radius 2 is 1.31 bits per heavy atom. The standard InChI is InChI=1S/C37H25NS/c1-37(2)31-12-6-3-9-24(31)25-18-16-23(20-32(25)37)38-33-13-7-4-10-26(33)30-21-29-22(19-34(30)38)15-17-28-27-11-5-8-14-35(27)39-36(28)29/h3-21H,1-2H3. The number of benzene rings is 6. The van der Waals surface area contributed by atoms with Crippen molar-refractivity contribution in [2.24, 2.45) is 0 Å². The van der Waals surface area contributed by atoms with E-state index in [2.05, 4.69) is 134 Å².